The number of ether oxygens (including phenoxy) is 1. The Hall–Kier alpha value is -1.45. The highest BCUT2D eigenvalue weighted by Gasteiger charge is 2.09. The van der Waals surface area contributed by atoms with Gasteiger partial charge in [0.05, 0.1) is 12.2 Å². The van der Waals surface area contributed by atoms with Crippen LogP contribution in [0.1, 0.15) is 35.7 Å². The molecule has 0 saturated heterocycles. The molecule has 1 aromatic carbocycles. The second-order valence-corrected chi connectivity index (χ2v) is 3.06. The van der Waals surface area contributed by atoms with Crippen LogP contribution in [-0.2, 0) is 4.74 Å². The first kappa shape index (κ1) is 11.6. The van der Waals surface area contributed by atoms with Crippen LogP contribution in [0, 0.1) is 0 Å². The summed E-state index contributed by atoms with van der Waals surface area (Å²) in [5.74, 6) is -0.474. The minimum atomic E-state index is -2.51. The van der Waals surface area contributed by atoms with Crippen LogP contribution in [0.15, 0.2) is 24.3 Å². The molecule has 0 atom stereocenters. The Balaban J connectivity index is 2.67. The van der Waals surface area contributed by atoms with E-state index in [0.29, 0.717) is 12.2 Å². The molecule has 0 unspecified atom stereocenters. The summed E-state index contributed by atoms with van der Waals surface area (Å²) >= 11 is 0. The third-order valence-corrected chi connectivity index (χ3v) is 1.84. The number of esters is 1. The normalized spacial score (nSPS) is 10.4. The molecule has 1 rings (SSSR count). The van der Waals surface area contributed by atoms with Crippen molar-refractivity contribution in [2.45, 2.75) is 19.8 Å². The third kappa shape index (κ3) is 3.31. The van der Waals surface area contributed by atoms with Gasteiger partial charge in [0, 0.05) is 5.56 Å². The molecule has 0 aromatic heterocycles. The van der Waals surface area contributed by atoms with E-state index in [-0.39, 0.29) is 5.56 Å². The van der Waals surface area contributed by atoms with Gasteiger partial charge in [-0.15, -0.1) is 0 Å². The highest BCUT2D eigenvalue weighted by atomic mass is 19.3. The van der Waals surface area contributed by atoms with E-state index in [4.69, 9.17) is 4.74 Å². The molecule has 0 fully saturated rings. The van der Waals surface area contributed by atoms with Crippen molar-refractivity contribution in [2.24, 2.45) is 0 Å². The molecule has 0 N–H and O–H groups in total. The number of carbonyl (C=O) groups is 1. The van der Waals surface area contributed by atoms with Crippen molar-refractivity contribution >= 4 is 5.97 Å². The number of hydrogen-bond donors (Lipinski definition) is 0. The summed E-state index contributed by atoms with van der Waals surface area (Å²) in [5, 5.41) is 0. The first-order chi connectivity index (χ1) is 7.15. The van der Waals surface area contributed by atoms with Gasteiger partial charge in [-0.05, 0) is 18.6 Å². The van der Waals surface area contributed by atoms with E-state index in [1.165, 1.54) is 24.3 Å². The minimum Gasteiger partial charge on any atom is -0.462 e. The van der Waals surface area contributed by atoms with Gasteiger partial charge >= 0.3 is 5.97 Å². The summed E-state index contributed by atoms with van der Waals surface area (Å²) in [6, 6.07) is 5.15. The quantitative estimate of drug-likeness (QED) is 0.719. The molecular weight excluding hydrogens is 202 g/mol. The van der Waals surface area contributed by atoms with Crippen LogP contribution in [0.5, 0.6) is 0 Å². The average Bonchev–Trinajstić information content (AvgIpc) is 2.26. The predicted octanol–water partition coefficient (Wildman–Crippen LogP) is 3.19. The van der Waals surface area contributed by atoms with Crippen LogP contribution in [0.2, 0.25) is 0 Å². The van der Waals surface area contributed by atoms with Gasteiger partial charge in [-0.3, -0.25) is 0 Å². The third-order valence-electron chi connectivity index (χ3n) is 1.84. The Morgan fingerprint density at radius 2 is 1.93 bits per heavy atom. The molecule has 4 heteroatoms. The van der Waals surface area contributed by atoms with Crippen LogP contribution in [0.3, 0.4) is 0 Å². The number of hydrogen-bond acceptors (Lipinski definition) is 2. The zero-order valence-corrected chi connectivity index (χ0v) is 8.37. The zero-order chi connectivity index (χ0) is 11.3. The van der Waals surface area contributed by atoms with Crippen molar-refractivity contribution in [1.29, 1.82) is 0 Å². The van der Waals surface area contributed by atoms with Crippen molar-refractivity contribution in [3.63, 3.8) is 0 Å². The maximum atomic E-state index is 12.2. The van der Waals surface area contributed by atoms with Crippen molar-refractivity contribution in [3.8, 4) is 0 Å². The van der Waals surface area contributed by atoms with Crippen LogP contribution in [0.25, 0.3) is 0 Å². The second kappa shape index (κ2) is 5.44. The van der Waals surface area contributed by atoms with Crippen LogP contribution in [0.4, 0.5) is 8.78 Å². The monoisotopic (exact) mass is 214 g/mol. The molecule has 0 aliphatic heterocycles. The van der Waals surface area contributed by atoms with Gasteiger partial charge in [-0.25, -0.2) is 13.6 Å². The van der Waals surface area contributed by atoms with Gasteiger partial charge in [-0.2, -0.15) is 0 Å². The lowest BCUT2D eigenvalue weighted by Crippen LogP contribution is -2.05. The van der Waals surface area contributed by atoms with E-state index < -0.39 is 12.4 Å². The maximum absolute atomic E-state index is 12.2. The van der Waals surface area contributed by atoms with E-state index in [1.54, 1.807) is 0 Å². The molecule has 2 nitrogen and oxygen atoms in total. The lowest BCUT2D eigenvalue weighted by Gasteiger charge is -2.04. The highest BCUT2D eigenvalue weighted by Crippen LogP contribution is 2.18. The molecule has 0 radical (unpaired) electrons. The van der Waals surface area contributed by atoms with Crippen LogP contribution < -0.4 is 0 Å². The van der Waals surface area contributed by atoms with Crippen molar-refractivity contribution < 1.29 is 18.3 Å². The fourth-order valence-corrected chi connectivity index (χ4v) is 1.04. The van der Waals surface area contributed by atoms with E-state index in [2.05, 4.69) is 0 Å². The Bertz CT molecular complexity index is 320. The Labute approximate surface area is 86.9 Å². The fraction of sp³-hybridized carbons (Fsp3) is 0.364. The minimum absolute atomic E-state index is 0.0953. The summed E-state index contributed by atoms with van der Waals surface area (Å²) in [5.41, 5.74) is 0.204. The van der Waals surface area contributed by atoms with E-state index in [0.717, 1.165) is 6.42 Å². The summed E-state index contributed by atoms with van der Waals surface area (Å²) in [4.78, 5) is 11.3. The largest absolute Gasteiger partial charge is 0.462 e. The highest BCUT2D eigenvalue weighted by molar-refractivity contribution is 5.89. The number of rotatable bonds is 4. The smallest absolute Gasteiger partial charge is 0.338 e. The van der Waals surface area contributed by atoms with Crippen molar-refractivity contribution in [1.82, 2.24) is 0 Å². The van der Waals surface area contributed by atoms with Crippen molar-refractivity contribution in [3.05, 3.63) is 35.4 Å². The summed E-state index contributed by atoms with van der Waals surface area (Å²) in [6.07, 6.45) is -1.77. The number of halogens is 2. The standard InChI is InChI=1S/C11H12F2O2/c1-2-7-15-11(14)9-5-3-8(4-6-9)10(12)13/h3-6,10H,2,7H2,1H3. The molecule has 0 aliphatic rings. The fourth-order valence-electron chi connectivity index (χ4n) is 1.04. The second-order valence-electron chi connectivity index (χ2n) is 3.06. The molecular formula is C11H12F2O2. The van der Waals surface area contributed by atoms with Gasteiger partial charge in [0.2, 0.25) is 0 Å². The van der Waals surface area contributed by atoms with Crippen molar-refractivity contribution in [2.75, 3.05) is 6.61 Å². The Kier molecular flexibility index (Phi) is 4.21. The number of benzene rings is 1. The molecule has 0 amide bonds. The zero-order valence-electron chi connectivity index (χ0n) is 8.37. The molecule has 0 heterocycles. The van der Waals surface area contributed by atoms with E-state index in [9.17, 15) is 13.6 Å². The lowest BCUT2D eigenvalue weighted by atomic mass is 10.1. The molecule has 15 heavy (non-hydrogen) atoms. The summed E-state index contributed by atoms with van der Waals surface area (Å²) < 4.78 is 29.2. The van der Waals surface area contributed by atoms with Gasteiger partial charge in [-0.1, -0.05) is 19.1 Å². The molecule has 1 aromatic rings. The lowest BCUT2D eigenvalue weighted by molar-refractivity contribution is 0.0504. The molecule has 0 saturated carbocycles. The molecule has 82 valence electrons. The molecule has 0 aliphatic carbocycles. The predicted molar refractivity (Wildman–Crippen MR) is 52.0 cm³/mol. The van der Waals surface area contributed by atoms with Crippen LogP contribution >= 0.6 is 0 Å². The SMILES string of the molecule is CCCOC(=O)c1ccc(C(F)F)cc1. The number of alkyl halides is 2. The Morgan fingerprint density at radius 3 is 2.40 bits per heavy atom. The first-order valence-electron chi connectivity index (χ1n) is 4.70. The summed E-state index contributed by atoms with van der Waals surface area (Å²) in [7, 11) is 0. The Morgan fingerprint density at radius 1 is 1.33 bits per heavy atom. The van der Waals surface area contributed by atoms with E-state index >= 15 is 0 Å². The van der Waals surface area contributed by atoms with Gasteiger partial charge < -0.3 is 4.74 Å². The topological polar surface area (TPSA) is 26.3 Å². The van der Waals surface area contributed by atoms with E-state index in [1.807, 2.05) is 6.92 Å². The van der Waals surface area contributed by atoms with Crippen LogP contribution in [-0.4, -0.2) is 12.6 Å². The maximum Gasteiger partial charge on any atom is 0.338 e. The first-order valence-corrected chi connectivity index (χ1v) is 4.70. The van der Waals surface area contributed by atoms with Gasteiger partial charge in [0.15, 0.2) is 0 Å². The number of carbonyl (C=O) groups excluding carboxylic acids is 1. The molecule has 0 spiro atoms. The van der Waals surface area contributed by atoms with Gasteiger partial charge in [0.1, 0.15) is 0 Å². The average molecular weight is 214 g/mol. The summed E-state index contributed by atoms with van der Waals surface area (Å²) in [6.45, 7) is 2.22. The van der Waals surface area contributed by atoms with Gasteiger partial charge in [0.25, 0.3) is 6.43 Å². The molecule has 0 bridgehead atoms.